The van der Waals surface area contributed by atoms with Crippen LogP contribution in [0.4, 0.5) is 4.39 Å². The van der Waals surface area contributed by atoms with Gasteiger partial charge in [-0.3, -0.25) is 4.90 Å². The van der Waals surface area contributed by atoms with Crippen LogP contribution in [0.2, 0.25) is 10.0 Å². The monoisotopic (exact) mass is 318 g/mol. The first-order valence-corrected chi connectivity index (χ1v) is 7.79. The highest BCUT2D eigenvalue weighted by molar-refractivity contribution is 6.35. The van der Waals surface area contributed by atoms with E-state index >= 15 is 0 Å². The van der Waals surface area contributed by atoms with E-state index in [1.165, 1.54) is 12.1 Å². The standard InChI is InChI=1S/C15H21Cl2FN2/c1-9-3-4-11(7-19)8-20(9)10(2)12-5-15(18)14(17)6-13(12)16/h5-6,9-11H,3-4,7-8,19H2,1-2H3. The van der Waals surface area contributed by atoms with Gasteiger partial charge in [0.1, 0.15) is 5.82 Å². The van der Waals surface area contributed by atoms with Crippen molar-refractivity contribution in [3.8, 4) is 0 Å². The third kappa shape index (κ3) is 3.28. The summed E-state index contributed by atoms with van der Waals surface area (Å²) < 4.78 is 13.7. The summed E-state index contributed by atoms with van der Waals surface area (Å²) in [6.45, 7) is 5.88. The molecule has 3 unspecified atom stereocenters. The van der Waals surface area contributed by atoms with Crippen LogP contribution in [0, 0.1) is 11.7 Å². The van der Waals surface area contributed by atoms with E-state index in [0.717, 1.165) is 24.9 Å². The van der Waals surface area contributed by atoms with E-state index in [0.29, 0.717) is 23.5 Å². The highest BCUT2D eigenvalue weighted by atomic mass is 35.5. The van der Waals surface area contributed by atoms with Gasteiger partial charge in [-0.1, -0.05) is 23.2 Å². The van der Waals surface area contributed by atoms with Crippen LogP contribution >= 0.6 is 23.2 Å². The second kappa shape index (κ2) is 6.61. The number of rotatable bonds is 3. The Morgan fingerprint density at radius 3 is 2.70 bits per heavy atom. The van der Waals surface area contributed by atoms with E-state index < -0.39 is 5.82 Å². The lowest BCUT2D eigenvalue weighted by Crippen LogP contribution is -2.45. The zero-order valence-electron chi connectivity index (χ0n) is 11.9. The molecule has 112 valence electrons. The van der Waals surface area contributed by atoms with Crippen molar-refractivity contribution in [2.75, 3.05) is 13.1 Å². The third-order valence-corrected chi connectivity index (χ3v) is 4.97. The van der Waals surface area contributed by atoms with Crippen molar-refractivity contribution in [1.82, 2.24) is 4.90 Å². The zero-order valence-corrected chi connectivity index (χ0v) is 13.4. The molecule has 1 aromatic carbocycles. The minimum absolute atomic E-state index is 0.0543. The molecule has 3 atom stereocenters. The molecule has 0 aromatic heterocycles. The first-order valence-electron chi connectivity index (χ1n) is 7.04. The quantitative estimate of drug-likeness (QED) is 0.844. The molecule has 2 N–H and O–H groups in total. The summed E-state index contributed by atoms with van der Waals surface area (Å²) in [5, 5.41) is 0.587. The first-order chi connectivity index (χ1) is 9.43. The molecule has 0 amide bonds. The molecular weight excluding hydrogens is 298 g/mol. The Bertz CT molecular complexity index is 481. The molecule has 0 saturated carbocycles. The molecular formula is C15H21Cl2FN2. The van der Waals surface area contributed by atoms with E-state index in [1.807, 2.05) is 0 Å². The lowest BCUT2D eigenvalue weighted by Gasteiger charge is -2.41. The summed E-state index contributed by atoms with van der Waals surface area (Å²) in [6, 6.07) is 3.44. The van der Waals surface area contributed by atoms with Gasteiger partial charge in [-0.25, -0.2) is 4.39 Å². The van der Waals surface area contributed by atoms with Gasteiger partial charge >= 0.3 is 0 Å². The second-order valence-corrected chi connectivity index (χ2v) is 6.50. The molecule has 5 heteroatoms. The molecule has 0 bridgehead atoms. The lowest BCUT2D eigenvalue weighted by atomic mass is 9.91. The van der Waals surface area contributed by atoms with Crippen LogP contribution in [-0.4, -0.2) is 24.0 Å². The fourth-order valence-electron chi connectivity index (χ4n) is 2.98. The summed E-state index contributed by atoms with van der Waals surface area (Å²) in [6.07, 6.45) is 2.27. The summed E-state index contributed by atoms with van der Waals surface area (Å²) >= 11 is 12.0. The number of benzene rings is 1. The average Bonchev–Trinajstić information content (AvgIpc) is 2.42. The minimum Gasteiger partial charge on any atom is -0.330 e. The Labute approximate surface area is 130 Å². The number of nitrogens with two attached hydrogens (primary N) is 1. The average molecular weight is 319 g/mol. The van der Waals surface area contributed by atoms with Gasteiger partial charge in [0.15, 0.2) is 0 Å². The predicted molar refractivity (Wildman–Crippen MR) is 82.8 cm³/mol. The van der Waals surface area contributed by atoms with Crippen LogP contribution in [0.1, 0.15) is 38.3 Å². The smallest absolute Gasteiger partial charge is 0.142 e. The topological polar surface area (TPSA) is 29.3 Å². The van der Waals surface area contributed by atoms with Gasteiger partial charge < -0.3 is 5.73 Å². The van der Waals surface area contributed by atoms with Crippen LogP contribution in [-0.2, 0) is 0 Å². The molecule has 20 heavy (non-hydrogen) atoms. The van der Waals surface area contributed by atoms with Crippen molar-refractivity contribution in [3.63, 3.8) is 0 Å². The SMILES string of the molecule is CC1CCC(CN)CN1C(C)c1cc(F)c(Cl)cc1Cl. The van der Waals surface area contributed by atoms with Crippen molar-refractivity contribution >= 4 is 23.2 Å². The molecule has 1 heterocycles. The van der Waals surface area contributed by atoms with Gasteiger partial charge in [-0.15, -0.1) is 0 Å². The van der Waals surface area contributed by atoms with Crippen LogP contribution < -0.4 is 5.73 Å². The molecule has 0 spiro atoms. The van der Waals surface area contributed by atoms with E-state index in [2.05, 4.69) is 18.7 Å². The van der Waals surface area contributed by atoms with E-state index in [-0.39, 0.29) is 11.1 Å². The van der Waals surface area contributed by atoms with Crippen LogP contribution in [0.25, 0.3) is 0 Å². The van der Waals surface area contributed by atoms with Gasteiger partial charge in [0.05, 0.1) is 5.02 Å². The van der Waals surface area contributed by atoms with Gasteiger partial charge in [0, 0.05) is 23.7 Å². The van der Waals surface area contributed by atoms with Gasteiger partial charge in [0.2, 0.25) is 0 Å². The molecule has 0 aliphatic carbocycles. The van der Waals surface area contributed by atoms with Gasteiger partial charge in [0.25, 0.3) is 0 Å². The van der Waals surface area contributed by atoms with Gasteiger partial charge in [-0.05, 0) is 56.8 Å². The first kappa shape index (κ1) is 16.0. The van der Waals surface area contributed by atoms with Crippen LogP contribution in [0.15, 0.2) is 12.1 Å². The zero-order chi connectivity index (χ0) is 14.9. The summed E-state index contributed by atoms with van der Waals surface area (Å²) in [4.78, 5) is 2.36. The number of hydrogen-bond acceptors (Lipinski definition) is 2. The number of halogens is 3. The molecule has 1 aliphatic heterocycles. The maximum Gasteiger partial charge on any atom is 0.142 e. The number of hydrogen-bond donors (Lipinski definition) is 1. The molecule has 1 saturated heterocycles. The van der Waals surface area contributed by atoms with Gasteiger partial charge in [-0.2, -0.15) is 0 Å². The Kier molecular flexibility index (Phi) is 5.30. The molecule has 1 aromatic rings. The molecule has 1 aliphatic rings. The highest BCUT2D eigenvalue weighted by Crippen LogP contribution is 2.35. The van der Waals surface area contributed by atoms with Crippen molar-refractivity contribution in [3.05, 3.63) is 33.6 Å². The Morgan fingerprint density at radius 2 is 2.05 bits per heavy atom. The largest absolute Gasteiger partial charge is 0.330 e. The second-order valence-electron chi connectivity index (χ2n) is 5.69. The van der Waals surface area contributed by atoms with E-state index in [4.69, 9.17) is 28.9 Å². The van der Waals surface area contributed by atoms with Crippen LogP contribution in [0.3, 0.4) is 0 Å². The Hall–Kier alpha value is -0.350. The fraction of sp³-hybridized carbons (Fsp3) is 0.600. The maximum atomic E-state index is 13.7. The van der Waals surface area contributed by atoms with Crippen LogP contribution in [0.5, 0.6) is 0 Å². The molecule has 0 radical (unpaired) electrons. The predicted octanol–water partition coefficient (Wildman–Crippen LogP) is 4.25. The third-order valence-electron chi connectivity index (χ3n) is 4.35. The van der Waals surface area contributed by atoms with Crippen molar-refractivity contribution in [2.45, 2.75) is 38.8 Å². The number of piperidine rings is 1. The summed E-state index contributed by atoms with van der Waals surface area (Å²) in [7, 11) is 0. The van der Waals surface area contributed by atoms with Crippen molar-refractivity contribution in [2.24, 2.45) is 11.7 Å². The summed E-state index contributed by atoms with van der Waals surface area (Å²) in [5.74, 6) is 0.0857. The number of likely N-dealkylation sites (tertiary alicyclic amines) is 1. The normalized spacial score (nSPS) is 25.7. The molecule has 2 rings (SSSR count). The van der Waals surface area contributed by atoms with Crippen molar-refractivity contribution in [1.29, 1.82) is 0 Å². The fourth-order valence-corrected chi connectivity index (χ4v) is 3.52. The minimum atomic E-state index is -0.419. The summed E-state index contributed by atoms with van der Waals surface area (Å²) in [5.41, 5.74) is 6.58. The Balaban J connectivity index is 2.25. The van der Waals surface area contributed by atoms with Crippen molar-refractivity contribution < 1.29 is 4.39 Å². The molecule has 2 nitrogen and oxygen atoms in total. The van der Waals surface area contributed by atoms with E-state index in [9.17, 15) is 4.39 Å². The highest BCUT2D eigenvalue weighted by Gasteiger charge is 2.30. The number of nitrogens with zero attached hydrogens (tertiary/aromatic N) is 1. The molecule has 1 fully saturated rings. The lowest BCUT2D eigenvalue weighted by molar-refractivity contribution is 0.0812. The Morgan fingerprint density at radius 1 is 1.35 bits per heavy atom. The van der Waals surface area contributed by atoms with E-state index in [1.54, 1.807) is 0 Å². The maximum absolute atomic E-state index is 13.7.